The molecule has 2 aromatic rings. The predicted octanol–water partition coefficient (Wildman–Crippen LogP) is 3.56. The first-order valence-corrected chi connectivity index (χ1v) is 10.9. The lowest BCUT2D eigenvalue weighted by atomic mass is 10.1. The Bertz CT molecular complexity index is 926. The van der Waals surface area contributed by atoms with Crippen LogP contribution in [-0.2, 0) is 16.8 Å². The number of nitrogens with one attached hydrogen (secondary N) is 1. The summed E-state index contributed by atoms with van der Waals surface area (Å²) in [6.07, 6.45) is 1.70. The molecular weight excluding hydrogens is 393 g/mol. The topological polar surface area (TPSA) is 69.7 Å². The number of halogens is 1. The van der Waals surface area contributed by atoms with E-state index in [2.05, 4.69) is 5.32 Å². The van der Waals surface area contributed by atoms with Crippen LogP contribution >= 0.6 is 0 Å². The maximum atomic E-state index is 14.3. The molecule has 0 heterocycles. The number of benzene rings is 2. The molecule has 0 aliphatic carbocycles. The van der Waals surface area contributed by atoms with Crippen molar-refractivity contribution in [3.63, 3.8) is 0 Å². The number of rotatable bonds is 9. The lowest BCUT2D eigenvalue weighted by molar-refractivity contribution is 0.0935. The highest BCUT2D eigenvalue weighted by molar-refractivity contribution is 7.90. The smallest absolute Gasteiger partial charge is 0.303 e. The third-order valence-corrected chi connectivity index (χ3v) is 6.53. The molecule has 2 aromatic carbocycles. The van der Waals surface area contributed by atoms with Crippen molar-refractivity contribution in [3.05, 3.63) is 65.5 Å². The van der Waals surface area contributed by atoms with Crippen LogP contribution in [0.2, 0.25) is 0 Å². The Morgan fingerprint density at radius 1 is 1.03 bits per heavy atom. The highest BCUT2D eigenvalue weighted by Gasteiger charge is 2.27. The van der Waals surface area contributed by atoms with E-state index in [1.807, 2.05) is 13.8 Å². The average molecular weight is 422 g/mol. The number of hydrogen-bond acceptors (Lipinski definition) is 3. The van der Waals surface area contributed by atoms with Crippen LogP contribution in [0.1, 0.15) is 42.6 Å². The zero-order valence-electron chi connectivity index (χ0n) is 17.2. The normalized spacial score (nSPS) is 11.7. The molecule has 0 saturated carbocycles. The lowest BCUT2D eigenvalue weighted by Crippen LogP contribution is -2.40. The first-order chi connectivity index (χ1) is 13.7. The second-order valence-electron chi connectivity index (χ2n) is 6.93. The van der Waals surface area contributed by atoms with E-state index < -0.39 is 16.0 Å². The van der Waals surface area contributed by atoms with Crippen LogP contribution in [0.4, 0.5) is 10.1 Å². The number of hydrogen-bond donors (Lipinski definition) is 1. The monoisotopic (exact) mass is 421 g/mol. The van der Waals surface area contributed by atoms with Gasteiger partial charge in [-0.25, -0.2) is 4.39 Å². The van der Waals surface area contributed by atoms with Crippen LogP contribution in [-0.4, -0.2) is 38.8 Å². The number of anilines is 1. The molecule has 0 spiro atoms. The lowest BCUT2D eigenvalue weighted by Gasteiger charge is -2.27. The molecule has 1 amide bonds. The van der Waals surface area contributed by atoms with E-state index >= 15 is 0 Å². The molecule has 0 radical (unpaired) electrons. The molecule has 6 nitrogen and oxygen atoms in total. The fourth-order valence-corrected chi connectivity index (χ4v) is 3.93. The molecule has 158 valence electrons. The summed E-state index contributed by atoms with van der Waals surface area (Å²) in [5.74, 6) is -0.795. The number of amides is 1. The van der Waals surface area contributed by atoms with Crippen molar-refractivity contribution in [2.75, 3.05) is 18.4 Å². The van der Waals surface area contributed by atoms with Crippen LogP contribution in [0.3, 0.4) is 0 Å². The van der Waals surface area contributed by atoms with Gasteiger partial charge in [0, 0.05) is 25.7 Å². The summed E-state index contributed by atoms with van der Waals surface area (Å²) >= 11 is 0. The molecule has 0 bridgehead atoms. The minimum atomic E-state index is -3.91. The van der Waals surface area contributed by atoms with Crippen LogP contribution in [0.15, 0.2) is 48.5 Å². The van der Waals surface area contributed by atoms with E-state index in [-0.39, 0.29) is 24.2 Å². The summed E-state index contributed by atoms with van der Waals surface area (Å²) in [4.78, 5) is 12.3. The maximum Gasteiger partial charge on any atom is 0.303 e. The fraction of sp³-hybridized carbons (Fsp3) is 0.381. The molecular formula is C21H28FN3O3S. The van der Waals surface area contributed by atoms with Gasteiger partial charge in [0.2, 0.25) is 0 Å². The van der Waals surface area contributed by atoms with Crippen LogP contribution in [0, 0.1) is 5.82 Å². The molecule has 2 rings (SSSR count). The molecule has 0 atom stereocenters. The predicted molar refractivity (Wildman–Crippen MR) is 113 cm³/mol. The van der Waals surface area contributed by atoms with E-state index in [9.17, 15) is 17.6 Å². The Balaban J connectivity index is 2.28. The van der Waals surface area contributed by atoms with Crippen molar-refractivity contribution in [3.8, 4) is 0 Å². The van der Waals surface area contributed by atoms with Crippen molar-refractivity contribution < 1.29 is 17.6 Å². The van der Waals surface area contributed by atoms with Crippen molar-refractivity contribution in [2.24, 2.45) is 0 Å². The molecule has 0 unspecified atom stereocenters. The minimum absolute atomic E-state index is 0.0308. The first-order valence-electron chi connectivity index (χ1n) is 9.55. The van der Waals surface area contributed by atoms with Crippen LogP contribution in [0.5, 0.6) is 0 Å². The summed E-state index contributed by atoms with van der Waals surface area (Å²) in [7, 11) is -1.12. The third-order valence-electron chi connectivity index (χ3n) is 4.72. The van der Waals surface area contributed by atoms with E-state index in [4.69, 9.17) is 0 Å². The summed E-state index contributed by atoms with van der Waals surface area (Å²) < 4.78 is 41.9. The summed E-state index contributed by atoms with van der Waals surface area (Å²) in [6, 6.07) is 12.5. The highest BCUT2D eigenvalue weighted by Crippen LogP contribution is 2.25. The zero-order chi connectivity index (χ0) is 21.6. The quantitative estimate of drug-likeness (QED) is 0.673. The van der Waals surface area contributed by atoms with E-state index in [1.165, 1.54) is 32.3 Å². The number of para-hydroxylation sites is 1. The average Bonchev–Trinajstić information content (AvgIpc) is 2.71. The third kappa shape index (κ3) is 5.55. The van der Waals surface area contributed by atoms with E-state index in [0.717, 1.165) is 21.5 Å². The molecule has 0 saturated heterocycles. The standard InChI is InChI=1S/C21H28FN3O3S/c1-5-18(6-2)23-21(26)17-13-11-16(12-14-17)15-25(29(27,28)24(3)4)20-10-8-7-9-19(20)22/h7-14,18H,5-6,15H2,1-4H3,(H,23,26). The molecule has 0 aliphatic rings. The van der Waals surface area contributed by atoms with Gasteiger partial charge in [-0.15, -0.1) is 0 Å². The van der Waals surface area contributed by atoms with Crippen molar-refractivity contribution in [1.82, 2.24) is 9.62 Å². The Morgan fingerprint density at radius 2 is 1.62 bits per heavy atom. The second kappa shape index (κ2) is 9.84. The van der Waals surface area contributed by atoms with Crippen LogP contribution < -0.4 is 9.62 Å². The van der Waals surface area contributed by atoms with Gasteiger partial charge in [-0.3, -0.25) is 9.10 Å². The summed E-state index contributed by atoms with van der Waals surface area (Å²) in [5.41, 5.74) is 1.10. The van der Waals surface area contributed by atoms with Gasteiger partial charge in [-0.05, 0) is 42.7 Å². The first kappa shape index (κ1) is 22.8. The maximum absolute atomic E-state index is 14.3. The Hall–Kier alpha value is -2.45. The van der Waals surface area contributed by atoms with Gasteiger partial charge in [-0.1, -0.05) is 38.1 Å². The second-order valence-corrected chi connectivity index (χ2v) is 9.00. The molecule has 1 N–H and O–H groups in total. The Kier molecular flexibility index (Phi) is 7.75. The van der Waals surface area contributed by atoms with E-state index in [1.54, 1.807) is 30.3 Å². The van der Waals surface area contributed by atoms with E-state index in [0.29, 0.717) is 11.1 Å². The minimum Gasteiger partial charge on any atom is -0.349 e. The largest absolute Gasteiger partial charge is 0.349 e. The number of nitrogens with zero attached hydrogens (tertiary/aromatic N) is 2. The molecule has 29 heavy (non-hydrogen) atoms. The zero-order valence-corrected chi connectivity index (χ0v) is 18.0. The SMILES string of the molecule is CCC(CC)NC(=O)c1ccc(CN(c2ccccc2F)S(=O)(=O)N(C)C)cc1. The van der Waals surface area contributed by atoms with Crippen molar-refractivity contribution in [2.45, 2.75) is 39.3 Å². The highest BCUT2D eigenvalue weighted by atomic mass is 32.2. The number of carbonyl (C=O) groups is 1. The molecule has 8 heteroatoms. The molecule has 0 aliphatic heterocycles. The molecule has 0 fully saturated rings. The Morgan fingerprint density at radius 3 is 2.14 bits per heavy atom. The van der Waals surface area contributed by atoms with Gasteiger partial charge in [0.25, 0.3) is 5.91 Å². The van der Waals surface area contributed by atoms with Gasteiger partial charge in [0.15, 0.2) is 0 Å². The Labute approximate surface area is 172 Å². The van der Waals surface area contributed by atoms with Crippen molar-refractivity contribution in [1.29, 1.82) is 0 Å². The van der Waals surface area contributed by atoms with Gasteiger partial charge in [-0.2, -0.15) is 12.7 Å². The van der Waals surface area contributed by atoms with Crippen molar-refractivity contribution >= 4 is 21.8 Å². The van der Waals surface area contributed by atoms with Gasteiger partial charge >= 0.3 is 10.2 Å². The fourth-order valence-electron chi connectivity index (χ4n) is 2.83. The van der Waals surface area contributed by atoms with Crippen LogP contribution in [0.25, 0.3) is 0 Å². The van der Waals surface area contributed by atoms with Gasteiger partial charge in [0.1, 0.15) is 5.82 Å². The van der Waals surface area contributed by atoms with Gasteiger partial charge in [0.05, 0.1) is 12.2 Å². The molecule has 0 aromatic heterocycles. The number of carbonyl (C=O) groups excluding carboxylic acids is 1. The summed E-state index contributed by atoms with van der Waals surface area (Å²) in [5, 5.41) is 2.96. The van der Waals surface area contributed by atoms with Gasteiger partial charge < -0.3 is 5.32 Å². The summed E-state index contributed by atoms with van der Waals surface area (Å²) in [6.45, 7) is 3.97.